The van der Waals surface area contributed by atoms with E-state index in [1.807, 2.05) is 0 Å². The van der Waals surface area contributed by atoms with E-state index in [1.165, 1.54) is 39.0 Å². The molecule has 138 valence electrons. The minimum atomic E-state index is 0. The lowest BCUT2D eigenvalue weighted by molar-refractivity contribution is 1.44. The molecule has 0 saturated heterocycles. The van der Waals surface area contributed by atoms with Crippen LogP contribution in [-0.4, -0.2) is 0 Å². The summed E-state index contributed by atoms with van der Waals surface area (Å²) in [6, 6.07) is 40.8. The average Bonchev–Trinajstić information content (AvgIpc) is 2.75. The first-order valence-electron chi connectivity index (χ1n) is 9.30. The van der Waals surface area contributed by atoms with E-state index >= 15 is 0 Å². The van der Waals surface area contributed by atoms with Gasteiger partial charge in [0.2, 0.25) is 0 Å². The summed E-state index contributed by atoms with van der Waals surface area (Å²) in [5.74, 6) is 0. The summed E-state index contributed by atoms with van der Waals surface area (Å²) in [7, 11) is 0. The summed E-state index contributed by atoms with van der Waals surface area (Å²) in [4.78, 5) is 0. The van der Waals surface area contributed by atoms with Gasteiger partial charge in [-0.2, -0.15) is 0 Å². The summed E-state index contributed by atoms with van der Waals surface area (Å²) in [6.45, 7) is 2.13. The van der Waals surface area contributed by atoms with Gasteiger partial charge in [0.15, 0.2) is 0 Å². The van der Waals surface area contributed by atoms with Crippen molar-refractivity contribution < 1.29 is 0 Å². The van der Waals surface area contributed by atoms with E-state index in [4.69, 9.17) is 0 Å². The number of benzene rings is 4. The quantitative estimate of drug-likeness (QED) is 0.327. The molecule has 0 saturated carbocycles. The predicted molar refractivity (Wildman–Crippen MR) is 122 cm³/mol. The highest BCUT2D eigenvalue weighted by Crippen LogP contribution is 2.36. The Labute approximate surface area is 168 Å². The molecule has 28 heavy (non-hydrogen) atoms. The van der Waals surface area contributed by atoms with Gasteiger partial charge in [0.1, 0.15) is 0 Å². The topological polar surface area (TPSA) is 0 Å². The smallest absolute Gasteiger partial charge is 0.00268 e. The van der Waals surface area contributed by atoms with Crippen LogP contribution in [0.25, 0.3) is 11.1 Å². The number of hydrogen-bond acceptors (Lipinski definition) is 0. The number of hydrogen-bond donors (Lipinski definition) is 0. The van der Waals surface area contributed by atoms with E-state index in [1.54, 1.807) is 0 Å². The lowest BCUT2D eigenvalue weighted by Gasteiger charge is -2.18. The molecule has 0 unspecified atom stereocenters. The molecule has 0 radical (unpaired) electrons. The molecule has 0 aliphatic rings. The molecule has 4 aromatic rings. The second-order valence-electron chi connectivity index (χ2n) is 6.71. The zero-order valence-corrected chi connectivity index (χ0v) is 15.5. The molecule has 0 heterocycles. The molecule has 4 aromatic carbocycles. The van der Waals surface area contributed by atoms with Crippen LogP contribution in [0.3, 0.4) is 0 Å². The minimum Gasteiger partial charge on any atom is -0.0776 e. The Morgan fingerprint density at radius 1 is 0.393 bits per heavy atom. The predicted octanol–water partition coefficient (Wildman–Crippen LogP) is 7.64. The third-order valence-electron chi connectivity index (χ3n) is 4.78. The highest BCUT2D eigenvalue weighted by Gasteiger charge is 2.15. The Balaban J connectivity index is 0.00000225. The monoisotopic (exact) mass is 362 g/mol. The molecule has 0 heteroatoms. The van der Waals surface area contributed by atoms with Crippen molar-refractivity contribution >= 4 is 11.1 Å². The van der Waals surface area contributed by atoms with Crippen molar-refractivity contribution in [2.75, 3.05) is 0 Å². The standard InChI is InChI=1S/C27H22.CH4/c1-21-17-19-25(20-18-21)27(24-15-9-4-10-16-24)26(22-11-5-2-6-12-22)23-13-7-3-8-14-23;/h2-20H,1H3;1H4. The molecule has 0 amide bonds. The van der Waals surface area contributed by atoms with E-state index in [-0.39, 0.29) is 7.43 Å². The zero-order valence-electron chi connectivity index (χ0n) is 15.5. The molecular weight excluding hydrogens is 336 g/mol. The highest BCUT2D eigenvalue weighted by atomic mass is 14.2. The Kier molecular flexibility index (Phi) is 6.24. The van der Waals surface area contributed by atoms with Crippen LogP contribution in [0.1, 0.15) is 35.2 Å². The van der Waals surface area contributed by atoms with E-state index in [9.17, 15) is 0 Å². The van der Waals surface area contributed by atoms with Gasteiger partial charge in [-0.05, 0) is 40.3 Å². The average molecular weight is 363 g/mol. The maximum Gasteiger partial charge on any atom is -0.00268 e. The molecule has 0 atom stereocenters. The van der Waals surface area contributed by atoms with Crippen LogP contribution in [0.2, 0.25) is 0 Å². The number of aryl methyl sites for hydroxylation is 1. The Bertz CT molecular complexity index is 984. The maximum absolute atomic E-state index is 2.23. The largest absolute Gasteiger partial charge is 0.0776 e. The van der Waals surface area contributed by atoms with Gasteiger partial charge in [-0.25, -0.2) is 0 Å². The molecule has 4 rings (SSSR count). The van der Waals surface area contributed by atoms with Gasteiger partial charge >= 0.3 is 0 Å². The highest BCUT2D eigenvalue weighted by molar-refractivity contribution is 6.04. The van der Waals surface area contributed by atoms with Crippen LogP contribution >= 0.6 is 0 Å². The van der Waals surface area contributed by atoms with Gasteiger partial charge in [0.05, 0.1) is 0 Å². The van der Waals surface area contributed by atoms with Crippen LogP contribution in [-0.2, 0) is 0 Å². The van der Waals surface area contributed by atoms with Crippen molar-refractivity contribution in [3.63, 3.8) is 0 Å². The van der Waals surface area contributed by atoms with Crippen molar-refractivity contribution in [3.05, 3.63) is 143 Å². The van der Waals surface area contributed by atoms with Gasteiger partial charge in [0.25, 0.3) is 0 Å². The molecule has 0 N–H and O–H groups in total. The third-order valence-corrected chi connectivity index (χ3v) is 4.78. The van der Waals surface area contributed by atoms with E-state index in [2.05, 4.69) is 122 Å². The van der Waals surface area contributed by atoms with Gasteiger partial charge in [-0.1, -0.05) is 128 Å². The van der Waals surface area contributed by atoms with Gasteiger partial charge < -0.3 is 0 Å². The van der Waals surface area contributed by atoms with E-state index in [0.717, 1.165) is 0 Å². The fraction of sp³-hybridized carbons (Fsp3) is 0.0714. The van der Waals surface area contributed by atoms with Crippen molar-refractivity contribution in [1.29, 1.82) is 0 Å². The second-order valence-corrected chi connectivity index (χ2v) is 6.71. The van der Waals surface area contributed by atoms with Crippen molar-refractivity contribution in [2.24, 2.45) is 0 Å². The molecule has 0 spiro atoms. The van der Waals surface area contributed by atoms with Crippen LogP contribution in [0.15, 0.2) is 115 Å². The van der Waals surface area contributed by atoms with Crippen molar-refractivity contribution in [3.8, 4) is 0 Å². The fourth-order valence-corrected chi connectivity index (χ4v) is 3.45. The molecule has 0 aromatic heterocycles. The molecule has 0 aliphatic carbocycles. The van der Waals surface area contributed by atoms with E-state index < -0.39 is 0 Å². The lowest BCUT2D eigenvalue weighted by Crippen LogP contribution is -1.97. The summed E-state index contributed by atoms with van der Waals surface area (Å²) >= 11 is 0. The minimum absolute atomic E-state index is 0. The van der Waals surface area contributed by atoms with E-state index in [0.29, 0.717) is 0 Å². The Hall–Kier alpha value is -3.38. The maximum atomic E-state index is 2.23. The van der Waals surface area contributed by atoms with Gasteiger partial charge in [-0.15, -0.1) is 0 Å². The molecular formula is C28H26. The lowest BCUT2D eigenvalue weighted by atomic mass is 9.85. The Morgan fingerprint density at radius 2 is 0.679 bits per heavy atom. The third kappa shape index (κ3) is 4.13. The van der Waals surface area contributed by atoms with Crippen molar-refractivity contribution in [1.82, 2.24) is 0 Å². The van der Waals surface area contributed by atoms with Gasteiger partial charge in [0, 0.05) is 0 Å². The number of rotatable bonds is 4. The van der Waals surface area contributed by atoms with Crippen LogP contribution in [0.4, 0.5) is 0 Å². The van der Waals surface area contributed by atoms with Crippen molar-refractivity contribution in [2.45, 2.75) is 14.4 Å². The summed E-state index contributed by atoms with van der Waals surface area (Å²) in [6.07, 6.45) is 0. The zero-order chi connectivity index (χ0) is 18.5. The molecule has 0 aliphatic heterocycles. The summed E-state index contributed by atoms with van der Waals surface area (Å²) in [5.41, 5.74) is 8.69. The SMILES string of the molecule is C.Cc1ccc(C(=C(c2ccccc2)c2ccccc2)c2ccccc2)cc1. The first-order chi connectivity index (χ1) is 13.3. The first-order valence-corrected chi connectivity index (χ1v) is 9.30. The van der Waals surface area contributed by atoms with Gasteiger partial charge in [-0.3, -0.25) is 0 Å². The normalized spacial score (nSPS) is 10.0. The summed E-state index contributed by atoms with van der Waals surface area (Å²) < 4.78 is 0. The van der Waals surface area contributed by atoms with Crippen LogP contribution in [0, 0.1) is 6.92 Å². The molecule has 0 nitrogen and oxygen atoms in total. The first kappa shape index (κ1) is 19.4. The molecule has 0 bridgehead atoms. The molecule has 0 fully saturated rings. The second kappa shape index (κ2) is 9.01. The fourth-order valence-electron chi connectivity index (χ4n) is 3.45. The summed E-state index contributed by atoms with van der Waals surface area (Å²) in [5, 5.41) is 0. The Morgan fingerprint density at radius 3 is 1.00 bits per heavy atom. The van der Waals surface area contributed by atoms with Crippen LogP contribution < -0.4 is 0 Å². The van der Waals surface area contributed by atoms with Crippen LogP contribution in [0.5, 0.6) is 0 Å².